The lowest BCUT2D eigenvalue weighted by atomic mass is 10.1. The number of ether oxygens (including phenoxy) is 1. The van der Waals surface area contributed by atoms with E-state index in [1.165, 1.54) is 57.8 Å². The molecule has 0 atom stereocenters. The van der Waals surface area contributed by atoms with Gasteiger partial charge >= 0.3 is 6.09 Å². The molecule has 0 aliphatic rings. The SMILES string of the molecule is CCCCCCOC(=O)N(CCCCCCCN)CCCCCCCCN. The molecule has 162 valence electrons. The van der Waals surface area contributed by atoms with Crippen LogP contribution in [0, 0.1) is 0 Å². The van der Waals surface area contributed by atoms with E-state index in [2.05, 4.69) is 6.92 Å². The van der Waals surface area contributed by atoms with E-state index in [0.717, 1.165) is 64.7 Å². The minimum Gasteiger partial charge on any atom is -0.449 e. The number of unbranched alkanes of at least 4 members (excludes halogenated alkanes) is 12. The van der Waals surface area contributed by atoms with Gasteiger partial charge in [0.25, 0.3) is 0 Å². The fraction of sp³-hybridized carbons (Fsp3) is 0.955. The van der Waals surface area contributed by atoms with E-state index in [1.54, 1.807) is 0 Å². The summed E-state index contributed by atoms with van der Waals surface area (Å²) in [6, 6.07) is 0. The second kappa shape index (κ2) is 21.5. The summed E-state index contributed by atoms with van der Waals surface area (Å²) in [6.45, 7) is 5.98. The van der Waals surface area contributed by atoms with Gasteiger partial charge in [0.2, 0.25) is 0 Å². The maximum absolute atomic E-state index is 12.4. The van der Waals surface area contributed by atoms with Crippen molar-refractivity contribution in [1.82, 2.24) is 4.90 Å². The van der Waals surface area contributed by atoms with Gasteiger partial charge < -0.3 is 21.1 Å². The number of carbonyl (C=O) groups excluding carboxylic acids is 1. The molecule has 0 aliphatic heterocycles. The molecular formula is C22H47N3O2. The topological polar surface area (TPSA) is 81.6 Å². The summed E-state index contributed by atoms with van der Waals surface area (Å²) in [5.74, 6) is 0. The van der Waals surface area contributed by atoms with Crippen LogP contribution in [-0.4, -0.2) is 43.8 Å². The summed E-state index contributed by atoms with van der Waals surface area (Å²) in [5.41, 5.74) is 11.1. The van der Waals surface area contributed by atoms with E-state index in [-0.39, 0.29) is 6.09 Å². The summed E-state index contributed by atoms with van der Waals surface area (Å²) in [5, 5.41) is 0. The van der Waals surface area contributed by atoms with Crippen LogP contribution in [0.15, 0.2) is 0 Å². The van der Waals surface area contributed by atoms with Gasteiger partial charge in [0, 0.05) is 13.1 Å². The average molecular weight is 386 g/mol. The van der Waals surface area contributed by atoms with E-state index in [0.29, 0.717) is 6.61 Å². The molecule has 0 rings (SSSR count). The highest BCUT2D eigenvalue weighted by atomic mass is 16.6. The van der Waals surface area contributed by atoms with Gasteiger partial charge in [-0.2, -0.15) is 0 Å². The molecule has 0 saturated heterocycles. The van der Waals surface area contributed by atoms with Crippen LogP contribution in [0.4, 0.5) is 4.79 Å². The minimum absolute atomic E-state index is 0.114. The van der Waals surface area contributed by atoms with Crippen LogP contribution in [-0.2, 0) is 4.74 Å². The first-order valence-electron chi connectivity index (χ1n) is 11.6. The Morgan fingerprint density at radius 2 is 1.11 bits per heavy atom. The average Bonchev–Trinajstić information content (AvgIpc) is 2.67. The largest absolute Gasteiger partial charge is 0.449 e. The fourth-order valence-corrected chi connectivity index (χ4v) is 3.21. The zero-order valence-electron chi connectivity index (χ0n) is 18.1. The molecule has 5 nitrogen and oxygen atoms in total. The Bertz CT molecular complexity index is 314. The van der Waals surface area contributed by atoms with Gasteiger partial charge in [0.1, 0.15) is 0 Å². The number of carbonyl (C=O) groups is 1. The van der Waals surface area contributed by atoms with Crippen molar-refractivity contribution in [3.63, 3.8) is 0 Å². The normalized spacial score (nSPS) is 10.9. The van der Waals surface area contributed by atoms with Crippen molar-refractivity contribution in [2.45, 2.75) is 103 Å². The van der Waals surface area contributed by atoms with Crippen molar-refractivity contribution < 1.29 is 9.53 Å². The first-order valence-corrected chi connectivity index (χ1v) is 11.6. The van der Waals surface area contributed by atoms with E-state index in [4.69, 9.17) is 16.2 Å². The molecule has 0 spiro atoms. The maximum atomic E-state index is 12.4. The van der Waals surface area contributed by atoms with Crippen molar-refractivity contribution in [3.8, 4) is 0 Å². The van der Waals surface area contributed by atoms with Crippen LogP contribution in [0.3, 0.4) is 0 Å². The molecular weight excluding hydrogens is 338 g/mol. The number of amides is 1. The summed E-state index contributed by atoms with van der Waals surface area (Å²) in [6.07, 6.45) is 17.3. The summed E-state index contributed by atoms with van der Waals surface area (Å²) in [7, 11) is 0. The van der Waals surface area contributed by atoms with E-state index in [9.17, 15) is 4.79 Å². The summed E-state index contributed by atoms with van der Waals surface area (Å²) < 4.78 is 5.51. The monoisotopic (exact) mass is 385 g/mol. The molecule has 0 fully saturated rings. The number of hydrogen-bond acceptors (Lipinski definition) is 4. The molecule has 27 heavy (non-hydrogen) atoms. The molecule has 0 bridgehead atoms. The molecule has 1 amide bonds. The zero-order chi connectivity index (χ0) is 20.0. The lowest BCUT2D eigenvalue weighted by Gasteiger charge is -2.22. The molecule has 0 heterocycles. The molecule has 5 heteroatoms. The van der Waals surface area contributed by atoms with Crippen molar-refractivity contribution in [1.29, 1.82) is 0 Å². The van der Waals surface area contributed by atoms with Crippen LogP contribution >= 0.6 is 0 Å². The van der Waals surface area contributed by atoms with Gasteiger partial charge in [-0.25, -0.2) is 4.79 Å². The van der Waals surface area contributed by atoms with E-state index >= 15 is 0 Å². The third kappa shape index (κ3) is 18.3. The van der Waals surface area contributed by atoms with Gasteiger partial charge in [0.05, 0.1) is 6.61 Å². The molecule has 0 aromatic carbocycles. The molecule has 0 aromatic heterocycles. The minimum atomic E-state index is -0.114. The van der Waals surface area contributed by atoms with E-state index in [1.807, 2.05) is 4.90 Å². The quantitative estimate of drug-likeness (QED) is 0.282. The highest BCUT2D eigenvalue weighted by Crippen LogP contribution is 2.10. The molecule has 0 radical (unpaired) electrons. The predicted octanol–water partition coefficient (Wildman–Crippen LogP) is 5.21. The van der Waals surface area contributed by atoms with Crippen molar-refractivity contribution in [3.05, 3.63) is 0 Å². The van der Waals surface area contributed by atoms with E-state index < -0.39 is 0 Å². The van der Waals surface area contributed by atoms with Crippen LogP contribution in [0.25, 0.3) is 0 Å². The van der Waals surface area contributed by atoms with Crippen molar-refractivity contribution in [2.24, 2.45) is 11.5 Å². The maximum Gasteiger partial charge on any atom is 0.409 e. The molecule has 4 N–H and O–H groups in total. The smallest absolute Gasteiger partial charge is 0.409 e. The summed E-state index contributed by atoms with van der Waals surface area (Å²) in [4.78, 5) is 14.4. The lowest BCUT2D eigenvalue weighted by molar-refractivity contribution is 0.0990. The standard InChI is InChI=1S/C22H47N3O2/c1-2-3-4-16-21-27-22(26)25(20-15-11-7-9-13-18-24)19-14-10-6-5-8-12-17-23/h2-21,23-24H2,1H3. The zero-order valence-corrected chi connectivity index (χ0v) is 18.1. The second-order valence-electron chi connectivity index (χ2n) is 7.63. The first kappa shape index (κ1) is 26.2. The number of hydrogen-bond donors (Lipinski definition) is 2. The van der Waals surface area contributed by atoms with Crippen LogP contribution in [0.2, 0.25) is 0 Å². The predicted molar refractivity (Wildman–Crippen MR) is 116 cm³/mol. The highest BCUT2D eigenvalue weighted by molar-refractivity contribution is 5.67. The third-order valence-electron chi connectivity index (χ3n) is 5.00. The molecule has 0 aromatic rings. The van der Waals surface area contributed by atoms with Crippen molar-refractivity contribution in [2.75, 3.05) is 32.8 Å². The Morgan fingerprint density at radius 1 is 0.667 bits per heavy atom. The van der Waals surface area contributed by atoms with Crippen LogP contribution in [0.5, 0.6) is 0 Å². The molecule has 0 aliphatic carbocycles. The van der Waals surface area contributed by atoms with Gasteiger partial charge in [-0.1, -0.05) is 71.1 Å². The van der Waals surface area contributed by atoms with Gasteiger partial charge in [0.15, 0.2) is 0 Å². The van der Waals surface area contributed by atoms with Crippen LogP contribution in [0.1, 0.15) is 103 Å². The fourth-order valence-electron chi connectivity index (χ4n) is 3.21. The molecule has 0 saturated carbocycles. The van der Waals surface area contributed by atoms with Crippen LogP contribution < -0.4 is 11.5 Å². The molecule has 0 unspecified atom stereocenters. The first-order chi connectivity index (χ1) is 13.3. The third-order valence-corrected chi connectivity index (χ3v) is 5.00. The van der Waals surface area contributed by atoms with Gasteiger partial charge in [-0.15, -0.1) is 0 Å². The Labute approximate surface area is 168 Å². The van der Waals surface area contributed by atoms with Gasteiger partial charge in [-0.3, -0.25) is 0 Å². The second-order valence-corrected chi connectivity index (χ2v) is 7.63. The Kier molecular flexibility index (Phi) is 20.8. The van der Waals surface area contributed by atoms with Crippen molar-refractivity contribution >= 4 is 6.09 Å². The Morgan fingerprint density at radius 3 is 1.59 bits per heavy atom. The number of rotatable bonds is 20. The Hall–Kier alpha value is -0.810. The van der Waals surface area contributed by atoms with Gasteiger partial charge in [-0.05, 0) is 45.2 Å². The number of nitrogens with two attached hydrogens (primary N) is 2. The summed E-state index contributed by atoms with van der Waals surface area (Å²) >= 11 is 0. The number of nitrogens with zero attached hydrogens (tertiary/aromatic N) is 1. The lowest BCUT2D eigenvalue weighted by Crippen LogP contribution is -2.33. The highest BCUT2D eigenvalue weighted by Gasteiger charge is 2.14. The Balaban J connectivity index is 4.02.